The summed E-state index contributed by atoms with van der Waals surface area (Å²) in [5, 5.41) is 8.59. The van der Waals surface area contributed by atoms with Crippen LogP contribution >= 0.6 is 0 Å². The summed E-state index contributed by atoms with van der Waals surface area (Å²) in [7, 11) is 0. The van der Waals surface area contributed by atoms with Gasteiger partial charge in [0, 0.05) is 11.6 Å². The van der Waals surface area contributed by atoms with E-state index in [1.165, 1.54) is 12.4 Å². The minimum Gasteiger partial charge on any atom is -0.480 e. The Bertz CT molecular complexity index is 590. The third kappa shape index (κ3) is 2.57. The van der Waals surface area contributed by atoms with Gasteiger partial charge in [-0.05, 0) is 0 Å². The van der Waals surface area contributed by atoms with E-state index in [0.717, 1.165) is 10.1 Å². The van der Waals surface area contributed by atoms with E-state index in [0.29, 0.717) is 5.69 Å². The Balaban J connectivity index is 2.38. The van der Waals surface area contributed by atoms with Crippen LogP contribution in [0, 0.1) is 0 Å². The zero-order valence-electron chi connectivity index (χ0n) is 8.91. The fourth-order valence-corrected chi connectivity index (χ4v) is 1.46. The number of nitrogens with zero attached hydrogens (tertiary/aromatic N) is 2. The predicted molar refractivity (Wildman–Crippen MR) is 61.6 cm³/mol. The van der Waals surface area contributed by atoms with E-state index in [-0.39, 0.29) is 12.1 Å². The summed E-state index contributed by atoms with van der Waals surface area (Å²) < 4.78 is 1.05. The number of rotatable bonds is 3. The second kappa shape index (κ2) is 4.61. The van der Waals surface area contributed by atoms with Crippen LogP contribution in [0.4, 0.5) is 0 Å². The van der Waals surface area contributed by atoms with Crippen LogP contribution in [0.2, 0.25) is 0 Å². The molecular formula is C12H10N2O3. The maximum Gasteiger partial charge on any atom is 0.323 e. The van der Waals surface area contributed by atoms with Gasteiger partial charge in [0.15, 0.2) is 0 Å². The van der Waals surface area contributed by atoms with Crippen LogP contribution in [0.15, 0.2) is 47.5 Å². The third-order valence-corrected chi connectivity index (χ3v) is 2.25. The molecule has 0 aliphatic carbocycles. The highest BCUT2D eigenvalue weighted by molar-refractivity contribution is 5.66. The fraction of sp³-hybridized carbons (Fsp3) is 0.0833. The maximum atomic E-state index is 11.6. The lowest BCUT2D eigenvalue weighted by molar-refractivity contribution is -0.137. The van der Waals surface area contributed by atoms with Crippen molar-refractivity contribution in [2.75, 3.05) is 0 Å². The van der Waals surface area contributed by atoms with E-state index in [2.05, 4.69) is 4.98 Å². The lowest BCUT2D eigenvalue weighted by Gasteiger charge is -2.03. The third-order valence-electron chi connectivity index (χ3n) is 2.25. The van der Waals surface area contributed by atoms with Crippen molar-refractivity contribution in [1.82, 2.24) is 9.55 Å². The number of hydrogen-bond acceptors (Lipinski definition) is 3. The smallest absolute Gasteiger partial charge is 0.323 e. The molecule has 0 spiro atoms. The topological polar surface area (TPSA) is 72.2 Å². The first-order valence-corrected chi connectivity index (χ1v) is 5.00. The highest BCUT2D eigenvalue weighted by atomic mass is 16.4. The van der Waals surface area contributed by atoms with Crippen molar-refractivity contribution < 1.29 is 9.90 Å². The zero-order chi connectivity index (χ0) is 12.3. The molecule has 0 saturated heterocycles. The first-order valence-electron chi connectivity index (χ1n) is 5.00. The molecule has 0 unspecified atom stereocenters. The second-order valence-corrected chi connectivity index (χ2v) is 3.50. The van der Waals surface area contributed by atoms with Crippen molar-refractivity contribution in [3.05, 3.63) is 53.1 Å². The lowest BCUT2D eigenvalue weighted by Crippen LogP contribution is -2.23. The molecule has 0 amide bonds. The molecule has 1 aromatic heterocycles. The minimum atomic E-state index is -1.07. The largest absolute Gasteiger partial charge is 0.480 e. The van der Waals surface area contributed by atoms with Crippen LogP contribution in [-0.4, -0.2) is 20.6 Å². The molecule has 0 bridgehead atoms. The summed E-state index contributed by atoms with van der Waals surface area (Å²) in [5.74, 6) is -1.07. The molecule has 0 aliphatic rings. The van der Waals surface area contributed by atoms with Gasteiger partial charge in [0.05, 0.1) is 12.0 Å². The van der Waals surface area contributed by atoms with Crippen molar-refractivity contribution >= 4 is 5.97 Å². The highest BCUT2D eigenvalue weighted by Gasteiger charge is 2.04. The lowest BCUT2D eigenvalue weighted by atomic mass is 10.1. The number of aromatic nitrogens is 2. The molecule has 1 aromatic carbocycles. The second-order valence-electron chi connectivity index (χ2n) is 3.50. The highest BCUT2D eigenvalue weighted by Crippen LogP contribution is 2.13. The molecule has 0 radical (unpaired) electrons. The van der Waals surface area contributed by atoms with Gasteiger partial charge in [-0.1, -0.05) is 30.3 Å². The Morgan fingerprint density at radius 1 is 1.29 bits per heavy atom. The molecule has 2 aromatic rings. The summed E-state index contributed by atoms with van der Waals surface area (Å²) in [4.78, 5) is 26.2. The number of carboxylic acids is 1. The van der Waals surface area contributed by atoms with Crippen molar-refractivity contribution in [2.45, 2.75) is 6.54 Å². The van der Waals surface area contributed by atoms with Crippen molar-refractivity contribution in [1.29, 1.82) is 0 Å². The van der Waals surface area contributed by atoms with Gasteiger partial charge in [-0.3, -0.25) is 14.2 Å². The summed E-state index contributed by atoms with van der Waals surface area (Å²) in [6.45, 7) is -0.374. The van der Waals surface area contributed by atoms with E-state index in [4.69, 9.17) is 5.11 Å². The van der Waals surface area contributed by atoms with Gasteiger partial charge in [-0.2, -0.15) is 0 Å². The Morgan fingerprint density at radius 2 is 2.00 bits per heavy atom. The van der Waals surface area contributed by atoms with Gasteiger partial charge in [-0.15, -0.1) is 0 Å². The molecule has 0 atom stereocenters. The molecule has 2 rings (SSSR count). The molecular weight excluding hydrogens is 220 g/mol. The molecule has 1 N–H and O–H groups in total. The van der Waals surface area contributed by atoms with Crippen LogP contribution in [-0.2, 0) is 11.3 Å². The summed E-state index contributed by atoms with van der Waals surface area (Å²) in [6.07, 6.45) is 1.25. The van der Waals surface area contributed by atoms with E-state index in [9.17, 15) is 9.59 Å². The normalized spacial score (nSPS) is 10.1. The number of hydrogen-bond donors (Lipinski definition) is 1. The van der Waals surface area contributed by atoms with Crippen molar-refractivity contribution in [3.63, 3.8) is 0 Å². The molecule has 5 heteroatoms. The molecule has 0 saturated carbocycles. The van der Waals surface area contributed by atoms with Gasteiger partial charge < -0.3 is 5.11 Å². The van der Waals surface area contributed by atoms with E-state index in [1.807, 2.05) is 30.3 Å². The van der Waals surface area contributed by atoms with E-state index < -0.39 is 5.97 Å². The van der Waals surface area contributed by atoms with E-state index in [1.54, 1.807) is 0 Å². The van der Waals surface area contributed by atoms with Crippen LogP contribution in [0.3, 0.4) is 0 Å². The predicted octanol–water partition coefficient (Wildman–Crippen LogP) is 0.995. The molecule has 86 valence electrons. The number of carboxylic acid groups (broad SMARTS) is 1. The molecule has 17 heavy (non-hydrogen) atoms. The SMILES string of the molecule is O=C(O)Cn1cnc(-c2ccccc2)cc1=O. The van der Waals surface area contributed by atoms with Gasteiger partial charge in [0.25, 0.3) is 5.56 Å². The van der Waals surface area contributed by atoms with Crippen LogP contribution in [0.1, 0.15) is 0 Å². The molecule has 0 aliphatic heterocycles. The van der Waals surface area contributed by atoms with Crippen LogP contribution in [0.5, 0.6) is 0 Å². The number of aliphatic carboxylic acids is 1. The first-order chi connectivity index (χ1) is 8.16. The zero-order valence-corrected chi connectivity index (χ0v) is 8.91. The number of carbonyl (C=O) groups is 1. The maximum absolute atomic E-state index is 11.6. The Morgan fingerprint density at radius 3 is 2.59 bits per heavy atom. The van der Waals surface area contributed by atoms with E-state index >= 15 is 0 Å². The van der Waals surface area contributed by atoms with Gasteiger partial charge in [-0.25, -0.2) is 4.98 Å². The average Bonchev–Trinajstić information content (AvgIpc) is 2.32. The Hall–Kier alpha value is -2.43. The minimum absolute atomic E-state index is 0.374. The summed E-state index contributed by atoms with van der Waals surface area (Å²) in [6, 6.07) is 10.6. The van der Waals surface area contributed by atoms with Crippen LogP contribution in [0.25, 0.3) is 11.3 Å². The summed E-state index contributed by atoms with van der Waals surface area (Å²) in [5.41, 5.74) is 0.991. The number of benzene rings is 1. The van der Waals surface area contributed by atoms with Gasteiger partial charge >= 0.3 is 5.97 Å². The standard InChI is InChI=1S/C12H10N2O3/c15-11-6-10(9-4-2-1-3-5-9)13-8-14(11)7-12(16)17/h1-6,8H,7H2,(H,16,17). The molecule has 0 fully saturated rings. The monoisotopic (exact) mass is 230 g/mol. The average molecular weight is 230 g/mol. The van der Waals surface area contributed by atoms with Crippen molar-refractivity contribution in [3.8, 4) is 11.3 Å². The molecule has 5 nitrogen and oxygen atoms in total. The van der Waals surface area contributed by atoms with Crippen molar-refractivity contribution in [2.24, 2.45) is 0 Å². The first kappa shape index (κ1) is 11.1. The van der Waals surface area contributed by atoms with Gasteiger partial charge in [0.2, 0.25) is 0 Å². The van der Waals surface area contributed by atoms with Gasteiger partial charge in [0.1, 0.15) is 6.54 Å². The molecule has 1 heterocycles. The fourth-order valence-electron chi connectivity index (χ4n) is 1.46. The Labute approximate surface area is 97.0 Å². The Kier molecular flexibility index (Phi) is 3.00. The van der Waals surface area contributed by atoms with Crippen LogP contribution < -0.4 is 5.56 Å². The quantitative estimate of drug-likeness (QED) is 0.853. The summed E-state index contributed by atoms with van der Waals surface area (Å²) >= 11 is 0.